The highest BCUT2D eigenvalue weighted by atomic mass is 16.1. The van der Waals surface area contributed by atoms with Crippen LogP contribution in [0.4, 0.5) is 5.69 Å². The van der Waals surface area contributed by atoms with Crippen LogP contribution in [0, 0.1) is 0 Å². The maximum Gasteiger partial charge on any atom is 0.213 e. The predicted octanol–water partition coefficient (Wildman–Crippen LogP) is 2.38. The lowest BCUT2D eigenvalue weighted by atomic mass is 10.1. The zero-order valence-electron chi connectivity index (χ0n) is 9.87. The van der Waals surface area contributed by atoms with Gasteiger partial charge in [-0.25, -0.2) is 0 Å². The second kappa shape index (κ2) is 4.07. The molecule has 0 saturated carbocycles. The Morgan fingerprint density at radius 2 is 2.00 bits per heavy atom. The van der Waals surface area contributed by atoms with E-state index in [1.54, 1.807) is 18.1 Å². The van der Waals surface area contributed by atoms with Crippen LogP contribution in [0.3, 0.4) is 0 Å². The summed E-state index contributed by atoms with van der Waals surface area (Å²) in [5.41, 5.74) is 1.55. The molecule has 1 aromatic heterocycles. The Hall–Kier alpha value is -2.49. The molecule has 0 saturated heterocycles. The van der Waals surface area contributed by atoms with Crippen molar-refractivity contribution in [3.05, 3.63) is 42.6 Å². The highest BCUT2D eigenvalue weighted by Gasteiger charge is 2.12. The summed E-state index contributed by atoms with van der Waals surface area (Å²) < 4.78 is 0. The van der Waals surface area contributed by atoms with E-state index in [0.717, 1.165) is 33.8 Å². The van der Waals surface area contributed by atoms with Crippen molar-refractivity contribution in [3.63, 3.8) is 0 Å². The first-order valence-corrected chi connectivity index (χ1v) is 5.62. The summed E-state index contributed by atoms with van der Waals surface area (Å²) >= 11 is 0. The topological polar surface area (TPSA) is 46.1 Å². The Morgan fingerprint density at radius 1 is 1.17 bits per heavy atom. The second-order valence-corrected chi connectivity index (χ2v) is 4.14. The molecule has 0 fully saturated rings. The molecule has 18 heavy (non-hydrogen) atoms. The van der Waals surface area contributed by atoms with E-state index >= 15 is 0 Å². The Kier molecular flexibility index (Phi) is 2.41. The maximum absolute atomic E-state index is 11.1. The summed E-state index contributed by atoms with van der Waals surface area (Å²) in [4.78, 5) is 12.6. The highest BCUT2D eigenvalue weighted by Crippen LogP contribution is 2.32. The number of fused-ring (bicyclic) bond motifs is 2. The molecule has 0 spiro atoms. The number of benzene rings is 1. The monoisotopic (exact) mass is 237 g/mol. The van der Waals surface area contributed by atoms with Gasteiger partial charge < -0.3 is 4.90 Å². The van der Waals surface area contributed by atoms with E-state index in [2.05, 4.69) is 10.2 Å². The summed E-state index contributed by atoms with van der Waals surface area (Å²) in [5.74, 6) is 0. The fourth-order valence-corrected chi connectivity index (χ4v) is 2.16. The largest absolute Gasteiger partial charge is 0.315 e. The molecule has 4 nitrogen and oxygen atoms in total. The minimum atomic E-state index is 0.753. The average Bonchev–Trinajstić information content (AvgIpc) is 2.72. The van der Waals surface area contributed by atoms with Crippen LogP contribution in [-0.4, -0.2) is 23.7 Å². The summed E-state index contributed by atoms with van der Waals surface area (Å²) in [6.45, 7) is 0. The Balaban J connectivity index is 2.54. The smallest absolute Gasteiger partial charge is 0.213 e. The standard InChI is InChI=1S/C14H11N3O/c1-17(9-18)14-12-6-4-2-3-5-10(12)7-11-8-15-16-13(11)14/h2-9H,1H3. The van der Waals surface area contributed by atoms with Crippen LogP contribution < -0.4 is 4.90 Å². The molecule has 88 valence electrons. The van der Waals surface area contributed by atoms with E-state index in [9.17, 15) is 4.79 Å². The van der Waals surface area contributed by atoms with Crippen molar-refractivity contribution in [2.45, 2.75) is 0 Å². The number of hydrogen-bond donors (Lipinski definition) is 0. The molecule has 4 heteroatoms. The van der Waals surface area contributed by atoms with E-state index in [0.29, 0.717) is 0 Å². The number of aromatic nitrogens is 2. The van der Waals surface area contributed by atoms with E-state index in [1.807, 2.05) is 36.4 Å². The van der Waals surface area contributed by atoms with E-state index in [1.165, 1.54) is 0 Å². The zero-order valence-corrected chi connectivity index (χ0v) is 9.87. The van der Waals surface area contributed by atoms with Crippen molar-refractivity contribution in [1.82, 2.24) is 10.2 Å². The van der Waals surface area contributed by atoms with Crippen LogP contribution in [0.5, 0.6) is 0 Å². The first-order valence-electron chi connectivity index (χ1n) is 5.62. The highest BCUT2D eigenvalue weighted by molar-refractivity contribution is 6.11. The van der Waals surface area contributed by atoms with E-state index < -0.39 is 0 Å². The Morgan fingerprint density at radius 3 is 2.83 bits per heavy atom. The zero-order chi connectivity index (χ0) is 12.5. The van der Waals surface area contributed by atoms with Gasteiger partial charge in [0.1, 0.15) is 5.52 Å². The molecular weight excluding hydrogens is 226 g/mol. The van der Waals surface area contributed by atoms with Gasteiger partial charge in [-0.15, -0.1) is 5.10 Å². The molecule has 1 heterocycles. The van der Waals surface area contributed by atoms with Gasteiger partial charge in [-0.1, -0.05) is 30.3 Å². The van der Waals surface area contributed by atoms with Crippen molar-refractivity contribution >= 4 is 33.8 Å². The lowest BCUT2D eigenvalue weighted by Gasteiger charge is -2.13. The van der Waals surface area contributed by atoms with Gasteiger partial charge in [-0.05, 0) is 11.5 Å². The molecule has 0 aliphatic heterocycles. The SMILES string of the molecule is CN(C=O)c1c2cccccc2cc2cnnc12. The summed E-state index contributed by atoms with van der Waals surface area (Å²) in [7, 11) is 1.73. The Labute approximate surface area is 104 Å². The number of anilines is 1. The average molecular weight is 237 g/mol. The van der Waals surface area contributed by atoms with Gasteiger partial charge in [0.25, 0.3) is 0 Å². The van der Waals surface area contributed by atoms with Crippen LogP contribution >= 0.6 is 0 Å². The van der Waals surface area contributed by atoms with Gasteiger partial charge in [0.15, 0.2) is 0 Å². The van der Waals surface area contributed by atoms with Gasteiger partial charge >= 0.3 is 0 Å². The van der Waals surface area contributed by atoms with Crippen LogP contribution in [0.15, 0.2) is 42.6 Å². The molecule has 3 aromatic rings. The van der Waals surface area contributed by atoms with Gasteiger partial charge in [-0.3, -0.25) is 4.79 Å². The van der Waals surface area contributed by atoms with Crippen LogP contribution in [0.25, 0.3) is 21.7 Å². The van der Waals surface area contributed by atoms with Crippen molar-refractivity contribution < 1.29 is 4.79 Å². The lowest BCUT2D eigenvalue weighted by Crippen LogP contribution is -2.14. The van der Waals surface area contributed by atoms with Crippen LogP contribution in [0.1, 0.15) is 0 Å². The summed E-state index contributed by atoms with van der Waals surface area (Å²) in [6.07, 6.45) is 2.50. The van der Waals surface area contributed by atoms with Gasteiger partial charge in [0.05, 0.1) is 11.9 Å². The molecule has 0 N–H and O–H groups in total. The van der Waals surface area contributed by atoms with Crippen molar-refractivity contribution in [1.29, 1.82) is 0 Å². The van der Waals surface area contributed by atoms with Crippen molar-refractivity contribution in [2.75, 3.05) is 11.9 Å². The minimum absolute atomic E-state index is 0.753. The Bertz CT molecular complexity index is 739. The maximum atomic E-state index is 11.1. The fourth-order valence-electron chi connectivity index (χ4n) is 2.16. The third kappa shape index (κ3) is 1.50. The fraction of sp³-hybridized carbons (Fsp3) is 0.0714. The molecule has 2 aromatic carbocycles. The van der Waals surface area contributed by atoms with Crippen LogP contribution in [-0.2, 0) is 4.79 Å². The van der Waals surface area contributed by atoms with Gasteiger partial charge in [0.2, 0.25) is 6.41 Å². The van der Waals surface area contributed by atoms with Crippen molar-refractivity contribution in [3.8, 4) is 0 Å². The minimum Gasteiger partial charge on any atom is -0.315 e. The molecule has 0 atom stereocenters. The number of hydrogen-bond acceptors (Lipinski definition) is 3. The van der Waals surface area contributed by atoms with Crippen molar-refractivity contribution in [2.24, 2.45) is 0 Å². The second-order valence-electron chi connectivity index (χ2n) is 4.14. The van der Waals surface area contributed by atoms with E-state index in [-0.39, 0.29) is 0 Å². The van der Waals surface area contributed by atoms with E-state index in [4.69, 9.17) is 0 Å². The molecular formula is C14H11N3O. The molecule has 0 radical (unpaired) electrons. The lowest BCUT2D eigenvalue weighted by molar-refractivity contribution is -0.107. The number of nitrogens with zero attached hydrogens (tertiary/aromatic N) is 3. The third-order valence-corrected chi connectivity index (χ3v) is 3.00. The third-order valence-electron chi connectivity index (χ3n) is 3.00. The van der Waals surface area contributed by atoms with Gasteiger partial charge in [0, 0.05) is 17.8 Å². The molecule has 0 aliphatic rings. The number of amides is 1. The van der Waals surface area contributed by atoms with Gasteiger partial charge in [-0.2, -0.15) is 5.10 Å². The predicted molar refractivity (Wildman–Crippen MR) is 71.5 cm³/mol. The normalized spacial score (nSPS) is 10.7. The number of rotatable bonds is 2. The molecule has 0 aliphatic carbocycles. The molecule has 0 bridgehead atoms. The number of carbonyl (C=O) groups excluding carboxylic acids is 1. The first-order chi connectivity index (χ1) is 8.81. The summed E-state index contributed by atoms with van der Waals surface area (Å²) in [6, 6.07) is 11.9. The number of carbonyl (C=O) groups is 1. The summed E-state index contributed by atoms with van der Waals surface area (Å²) in [5, 5.41) is 11.0. The van der Waals surface area contributed by atoms with Crippen LogP contribution in [0.2, 0.25) is 0 Å². The first kappa shape index (κ1) is 10.7. The molecule has 1 amide bonds. The molecule has 3 rings (SSSR count). The molecule has 0 unspecified atom stereocenters. The quantitative estimate of drug-likeness (QED) is 0.643.